The highest BCUT2D eigenvalue weighted by atomic mass is 19.1. The van der Waals surface area contributed by atoms with E-state index in [1.165, 1.54) is 12.1 Å². The molecule has 1 aliphatic heterocycles. The minimum absolute atomic E-state index is 0.191. The van der Waals surface area contributed by atoms with Crippen molar-refractivity contribution >= 4 is 17.5 Å². The molecule has 1 atom stereocenters. The molecular weight excluding hydrogens is 311 g/mol. The molecule has 124 valence electrons. The number of carbonyl (C=O) groups is 2. The van der Waals surface area contributed by atoms with Gasteiger partial charge in [0, 0.05) is 17.8 Å². The van der Waals surface area contributed by atoms with Gasteiger partial charge in [-0.25, -0.2) is 4.39 Å². The van der Waals surface area contributed by atoms with E-state index < -0.39 is 6.04 Å². The summed E-state index contributed by atoms with van der Waals surface area (Å²) in [6.45, 7) is 0.484. The molecule has 0 radical (unpaired) electrons. The van der Waals surface area contributed by atoms with Gasteiger partial charge in [-0.2, -0.15) is 0 Å². The van der Waals surface area contributed by atoms with Crippen LogP contribution in [0.1, 0.15) is 16.8 Å². The third-order valence-corrected chi connectivity index (χ3v) is 4.00. The Morgan fingerprint density at radius 3 is 2.46 bits per heavy atom. The van der Waals surface area contributed by atoms with E-state index in [0.717, 1.165) is 0 Å². The van der Waals surface area contributed by atoms with E-state index in [2.05, 4.69) is 5.32 Å². The Hall–Kier alpha value is -2.89. The molecule has 0 unspecified atom stereocenters. The lowest BCUT2D eigenvalue weighted by molar-refractivity contribution is -0.118. The Morgan fingerprint density at radius 1 is 1.17 bits per heavy atom. The summed E-state index contributed by atoms with van der Waals surface area (Å²) < 4.78 is 18.0. The summed E-state index contributed by atoms with van der Waals surface area (Å²) >= 11 is 0. The molecule has 1 aliphatic rings. The van der Waals surface area contributed by atoms with Gasteiger partial charge < -0.3 is 15.0 Å². The molecular formula is C18H17FN2O3. The quantitative estimate of drug-likeness (QED) is 0.937. The number of ether oxygens (including phenoxy) is 1. The van der Waals surface area contributed by atoms with E-state index in [4.69, 9.17) is 4.74 Å². The predicted octanol–water partition coefficient (Wildman–Crippen LogP) is 2.37. The first-order chi connectivity index (χ1) is 11.6. The lowest BCUT2D eigenvalue weighted by Gasteiger charge is -2.17. The van der Waals surface area contributed by atoms with Crippen molar-refractivity contribution < 1.29 is 18.7 Å². The van der Waals surface area contributed by atoms with Crippen molar-refractivity contribution in [1.82, 2.24) is 5.32 Å². The van der Waals surface area contributed by atoms with Crippen LogP contribution in [0.4, 0.5) is 10.1 Å². The first-order valence-electron chi connectivity index (χ1n) is 7.60. The van der Waals surface area contributed by atoms with Crippen LogP contribution >= 0.6 is 0 Å². The van der Waals surface area contributed by atoms with Gasteiger partial charge in [-0.05, 0) is 55.0 Å². The van der Waals surface area contributed by atoms with Crippen molar-refractivity contribution in [3.8, 4) is 5.75 Å². The fourth-order valence-electron chi connectivity index (χ4n) is 2.68. The van der Waals surface area contributed by atoms with Crippen LogP contribution in [-0.4, -0.2) is 31.5 Å². The number of nitrogens with zero attached hydrogens (tertiary/aromatic N) is 1. The monoisotopic (exact) mass is 328 g/mol. The summed E-state index contributed by atoms with van der Waals surface area (Å²) in [7, 11) is 1.55. The van der Waals surface area contributed by atoms with E-state index in [9.17, 15) is 14.0 Å². The minimum atomic E-state index is -0.579. The SMILES string of the molecule is COc1ccc(C(=O)N[C@H]2CCN(c3ccc(F)cc3)C2=O)cc1. The molecule has 1 fully saturated rings. The second kappa shape index (κ2) is 6.70. The molecule has 3 rings (SSSR count). The summed E-state index contributed by atoms with van der Waals surface area (Å²) in [5.74, 6) is -0.193. The Bertz CT molecular complexity index is 744. The van der Waals surface area contributed by atoms with Crippen LogP contribution in [0.5, 0.6) is 5.75 Å². The number of carbonyl (C=O) groups excluding carboxylic acids is 2. The molecule has 5 nitrogen and oxygen atoms in total. The van der Waals surface area contributed by atoms with Crippen molar-refractivity contribution in [2.24, 2.45) is 0 Å². The van der Waals surface area contributed by atoms with Crippen LogP contribution in [0.25, 0.3) is 0 Å². The van der Waals surface area contributed by atoms with Gasteiger partial charge in [0.05, 0.1) is 7.11 Å². The van der Waals surface area contributed by atoms with Gasteiger partial charge in [0.1, 0.15) is 17.6 Å². The van der Waals surface area contributed by atoms with Gasteiger partial charge in [-0.3, -0.25) is 9.59 Å². The average Bonchev–Trinajstić information content (AvgIpc) is 2.96. The molecule has 2 aromatic rings. The third kappa shape index (κ3) is 3.22. The van der Waals surface area contributed by atoms with Crippen LogP contribution in [0, 0.1) is 5.82 Å². The first kappa shape index (κ1) is 16.0. The number of amides is 2. The maximum atomic E-state index is 13.0. The van der Waals surface area contributed by atoms with Gasteiger partial charge in [0.25, 0.3) is 5.91 Å². The van der Waals surface area contributed by atoms with Crippen LogP contribution in [0.2, 0.25) is 0 Å². The molecule has 2 amide bonds. The number of halogens is 1. The molecule has 2 aromatic carbocycles. The number of hydrogen-bond donors (Lipinski definition) is 1. The van der Waals surface area contributed by atoms with Crippen LogP contribution < -0.4 is 15.0 Å². The molecule has 0 spiro atoms. The molecule has 24 heavy (non-hydrogen) atoms. The predicted molar refractivity (Wildman–Crippen MR) is 87.6 cm³/mol. The Balaban J connectivity index is 1.66. The zero-order valence-electron chi connectivity index (χ0n) is 13.2. The number of anilines is 1. The van der Waals surface area contributed by atoms with Crippen molar-refractivity contribution in [3.05, 3.63) is 59.9 Å². The first-order valence-corrected chi connectivity index (χ1v) is 7.60. The van der Waals surface area contributed by atoms with Gasteiger partial charge >= 0.3 is 0 Å². The van der Waals surface area contributed by atoms with Gasteiger partial charge in [-0.1, -0.05) is 0 Å². The Kier molecular flexibility index (Phi) is 4.46. The van der Waals surface area contributed by atoms with Crippen molar-refractivity contribution in [1.29, 1.82) is 0 Å². The summed E-state index contributed by atoms with van der Waals surface area (Å²) in [6.07, 6.45) is 0.512. The van der Waals surface area contributed by atoms with Crippen molar-refractivity contribution in [2.45, 2.75) is 12.5 Å². The zero-order valence-corrected chi connectivity index (χ0v) is 13.2. The number of nitrogens with one attached hydrogen (secondary N) is 1. The third-order valence-electron chi connectivity index (χ3n) is 4.00. The Labute approximate surface area is 139 Å². The molecule has 0 bridgehead atoms. The van der Waals surface area contributed by atoms with Crippen molar-refractivity contribution in [3.63, 3.8) is 0 Å². The smallest absolute Gasteiger partial charge is 0.251 e. The second-order valence-electron chi connectivity index (χ2n) is 5.51. The maximum Gasteiger partial charge on any atom is 0.251 e. The number of benzene rings is 2. The fourth-order valence-corrected chi connectivity index (χ4v) is 2.68. The van der Waals surface area contributed by atoms with Gasteiger partial charge in [-0.15, -0.1) is 0 Å². The number of methoxy groups -OCH3 is 1. The highest BCUT2D eigenvalue weighted by Gasteiger charge is 2.33. The van der Waals surface area contributed by atoms with Gasteiger partial charge in [0.15, 0.2) is 0 Å². The standard InChI is InChI=1S/C18H17FN2O3/c1-24-15-8-2-12(3-9-15)17(22)20-16-10-11-21(18(16)23)14-6-4-13(19)5-7-14/h2-9,16H,10-11H2,1H3,(H,20,22)/t16-/m0/s1. The fraction of sp³-hybridized carbons (Fsp3) is 0.222. The Morgan fingerprint density at radius 2 is 1.83 bits per heavy atom. The number of rotatable bonds is 4. The molecule has 1 N–H and O–H groups in total. The normalized spacial score (nSPS) is 17.0. The topological polar surface area (TPSA) is 58.6 Å². The summed E-state index contributed by atoms with van der Waals surface area (Å²) in [4.78, 5) is 26.3. The summed E-state index contributed by atoms with van der Waals surface area (Å²) in [6, 6.07) is 11.8. The maximum absolute atomic E-state index is 13.0. The summed E-state index contributed by atoms with van der Waals surface area (Å²) in [5, 5.41) is 2.75. The van der Waals surface area contributed by atoms with E-state index in [1.54, 1.807) is 48.4 Å². The van der Waals surface area contributed by atoms with E-state index in [1.807, 2.05) is 0 Å². The molecule has 1 saturated heterocycles. The second-order valence-corrected chi connectivity index (χ2v) is 5.51. The highest BCUT2D eigenvalue weighted by Crippen LogP contribution is 2.22. The van der Waals surface area contributed by atoms with E-state index >= 15 is 0 Å². The largest absolute Gasteiger partial charge is 0.497 e. The molecule has 0 aromatic heterocycles. The van der Waals surface area contributed by atoms with E-state index in [0.29, 0.717) is 30.0 Å². The summed E-state index contributed by atoms with van der Waals surface area (Å²) in [5.41, 5.74) is 1.09. The minimum Gasteiger partial charge on any atom is -0.497 e. The number of hydrogen-bond acceptors (Lipinski definition) is 3. The lowest BCUT2D eigenvalue weighted by Crippen LogP contribution is -2.41. The average molecular weight is 328 g/mol. The molecule has 0 aliphatic carbocycles. The van der Waals surface area contributed by atoms with E-state index in [-0.39, 0.29) is 17.6 Å². The lowest BCUT2D eigenvalue weighted by atomic mass is 10.1. The molecule has 1 heterocycles. The molecule has 0 saturated carbocycles. The highest BCUT2D eigenvalue weighted by molar-refractivity contribution is 6.03. The van der Waals surface area contributed by atoms with Gasteiger partial charge in [0.2, 0.25) is 5.91 Å². The van der Waals surface area contributed by atoms with Crippen LogP contribution in [0.3, 0.4) is 0 Å². The van der Waals surface area contributed by atoms with Crippen molar-refractivity contribution in [2.75, 3.05) is 18.6 Å². The van der Waals surface area contributed by atoms with Crippen LogP contribution in [0.15, 0.2) is 48.5 Å². The van der Waals surface area contributed by atoms with Crippen LogP contribution in [-0.2, 0) is 4.79 Å². The molecule has 6 heteroatoms. The zero-order chi connectivity index (χ0) is 17.1.